The van der Waals surface area contributed by atoms with Crippen LogP contribution < -0.4 is 5.32 Å². The summed E-state index contributed by atoms with van der Waals surface area (Å²) in [4.78, 5) is 36.9. The lowest BCUT2D eigenvalue weighted by Crippen LogP contribution is -2.52. The Kier molecular flexibility index (Phi) is 3.90. The Morgan fingerprint density at radius 2 is 1.95 bits per heavy atom. The van der Waals surface area contributed by atoms with Crippen molar-refractivity contribution < 1.29 is 14.4 Å². The molecule has 1 aromatic rings. The van der Waals surface area contributed by atoms with Crippen molar-refractivity contribution in [2.45, 2.75) is 23.8 Å². The van der Waals surface area contributed by atoms with Gasteiger partial charge in [0.2, 0.25) is 5.91 Å². The van der Waals surface area contributed by atoms with Crippen molar-refractivity contribution in [3.63, 3.8) is 0 Å². The molecule has 1 heterocycles. The maximum Gasteiger partial charge on any atom is 0.251 e. The number of likely N-dealkylation sites (N-methyl/N-ethyl adjacent to an activating group) is 1. The Morgan fingerprint density at radius 1 is 1.32 bits per heavy atom. The Balaban J connectivity index is 2.05. The number of hydrogen-bond donors (Lipinski definition) is 2. The van der Waals surface area contributed by atoms with Gasteiger partial charge in [-0.25, -0.2) is 0 Å². The van der Waals surface area contributed by atoms with Gasteiger partial charge in [0.15, 0.2) is 0 Å². The SMILES string of the molecule is CN1C(=O)CCC(NC(=O)c2ccc(S)cc2)C1=O. The Labute approximate surface area is 116 Å². The number of imide groups is 1. The molecule has 1 aliphatic rings. The minimum atomic E-state index is -0.633. The first-order valence-corrected chi connectivity index (χ1v) is 6.34. The molecule has 19 heavy (non-hydrogen) atoms. The highest BCUT2D eigenvalue weighted by atomic mass is 32.1. The number of nitrogens with one attached hydrogen (secondary N) is 1. The number of benzene rings is 1. The van der Waals surface area contributed by atoms with Crippen LogP contribution in [0.25, 0.3) is 0 Å². The van der Waals surface area contributed by atoms with Crippen molar-refractivity contribution in [2.75, 3.05) is 7.05 Å². The maximum absolute atomic E-state index is 12.0. The zero-order valence-electron chi connectivity index (χ0n) is 10.4. The van der Waals surface area contributed by atoms with E-state index in [0.717, 1.165) is 9.80 Å². The van der Waals surface area contributed by atoms with Gasteiger partial charge in [-0.15, -0.1) is 12.6 Å². The number of thiol groups is 1. The van der Waals surface area contributed by atoms with E-state index >= 15 is 0 Å². The summed E-state index contributed by atoms with van der Waals surface area (Å²) < 4.78 is 0. The molecular formula is C13H14N2O3S. The van der Waals surface area contributed by atoms with Crippen molar-refractivity contribution in [1.82, 2.24) is 10.2 Å². The molecule has 1 N–H and O–H groups in total. The summed E-state index contributed by atoms with van der Waals surface area (Å²) in [6.45, 7) is 0. The monoisotopic (exact) mass is 278 g/mol. The summed E-state index contributed by atoms with van der Waals surface area (Å²) in [7, 11) is 1.43. The van der Waals surface area contributed by atoms with Gasteiger partial charge in [-0.3, -0.25) is 19.3 Å². The Bertz CT molecular complexity index is 527. The third kappa shape index (κ3) is 2.96. The molecule has 3 amide bonds. The fraction of sp³-hybridized carbons (Fsp3) is 0.308. The van der Waals surface area contributed by atoms with Crippen LogP contribution in [0.5, 0.6) is 0 Å². The van der Waals surface area contributed by atoms with Gasteiger partial charge in [0, 0.05) is 23.9 Å². The third-order valence-corrected chi connectivity index (χ3v) is 3.38. The first-order chi connectivity index (χ1) is 8.99. The first-order valence-electron chi connectivity index (χ1n) is 5.89. The van der Waals surface area contributed by atoms with E-state index in [1.807, 2.05) is 0 Å². The molecule has 1 saturated heterocycles. The van der Waals surface area contributed by atoms with Crippen LogP contribution >= 0.6 is 12.6 Å². The topological polar surface area (TPSA) is 66.5 Å². The Hall–Kier alpha value is -1.82. The fourth-order valence-corrected chi connectivity index (χ4v) is 2.05. The molecule has 5 nitrogen and oxygen atoms in total. The number of piperidine rings is 1. The van der Waals surface area contributed by atoms with E-state index < -0.39 is 6.04 Å². The number of likely N-dealkylation sites (tertiary alicyclic amines) is 1. The molecule has 1 atom stereocenters. The van der Waals surface area contributed by atoms with Gasteiger partial charge in [0.25, 0.3) is 11.8 Å². The van der Waals surface area contributed by atoms with E-state index in [-0.39, 0.29) is 24.1 Å². The molecule has 1 aromatic carbocycles. The van der Waals surface area contributed by atoms with Gasteiger partial charge in [-0.1, -0.05) is 0 Å². The van der Waals surface area contributed by atoms with Crippen LogP contribution in [0.3, 0.4) is 0 Å². The fourth-order valence-electron chi connectivity index (χ4n) is 1.90. The number of nitrogens with zero attached hydrogens (tertiary/aromatic N) is 1. The second-order valence-corrected chi connectivity index (χ2v) is 4.92. The molecular weight excluding hydrogens is 264 g/mol. The van der Waals surface area contributed by atoms with Crippen LogP contribution in [-0.4, -0.2) is 35.7 Å². The molecule has 0 aliphatic carbocycles. The predicted molar refractivity (Wildman–Crippen MR) is 72.0 cm³/mol. The second kappa shape index (κ2) is 5.44. The van der Waals surface area contributed by atoms with E-state index in [1.54, 1.807) is 24.3 Å². The quantitative estimate of drug-likeness (QED) is 0.622. The summed E-state index contributed by atoms with van der Waals surface area (Å²) in [6.07, 6.45) is 0.612. The lowest BCUT2D eigenvalue weighted by atomic mass is 10.0. The largest absolute Gasteiger partial charge is 0.340 e. The average molecular weight is 278 g/mol. The van der Waals surface area contributed by atoms with E-state index in [1.165, 1.54) is 7.05 Å². The number of carbonyl (C=O) groups excluding carboxylic acids is 3. The van der Waals surface area contributed by atoms with Crippen LogP contribution in [0, 0.1) is 0 Å². The summed E-state index contributed by atoms with van der Waals surface area (Å²) in [5.41, 5.74) is 0.463. The van der Waals surface area contributed by atoms with Crippen molar-refractivity contribution in [1.29, 1.82) is 0 Å². The summed E-state index contributed by atoms with van der Waals surface area (Å²) in [5.74, 6) is -0.903. The molecule has 2 rings (SSSR count). The van der Waals surface area contributed by atoms with E-state index in [4.69, 9.17) is 0 Å². The van der Waals surface area contributed by atoms with E-state index in [9.17, 15) is 14.4 Å². The maximum atomic E-state index is 12.0. The van der Waals surface area contributed by atoms with Gasteiger partial charge in [0.05, 0.1) is 0 Å². The van der Waals surface area contributed by atoms with Crippen LogP contribution in [-0.2, 0) is 9.59 Å². The molecule has 1 unspecified atom stereocenters. The molecule has 6 heteroatoms. The van der Waals surface area contributed by atoms with E-state index in [2.05, 4.69) is 17.9 Å². The highest BCUT2D eigenvalue weighted by Gasteiger charge is 2.32. The van der Waals surface area contributed by atoms with Crippen molar-refractivity contribution >= 4 is 30.4 Å². The zero-order chi connectivity index (χ0) is 14.0. The standard InChI is InChI=1S/C13H14N2O3S/c1-15-11(16)7-6-10(13(15)18)14-12(17)8-2-4-9(19)5-3-8/h2-5,10,19H,6-7H2,1H3,(H,14,17). The molecule has 0 saturated carbocycles. The van der Waals surface area contributed by atoms with Gasteiger partial charge < -0.3 is 5.32 Å². The van der Waals surface area contributed by atoms with Crippen LogP contribution in [0.15, 0.2) is 29.2 Å². The first kappa shape index (κ1) is 13.6. The van der Waals surface area contributed by atoms with Gasteiger partial charge in [-0.2, -0.15) is 0 Å². The van der Waals surface area contributed by atoms with E-state index in [0.29, 0.717) is 12.0 Å². The molecule has 0 radical (unpaired) electrons. The van der Waals surface area contributed by atoms with Crippen molar-refractivity contribution in [2.24, 2.45) is 0 Å². The number of amides is 3. The Morgan fingerprint density at radius 3 is 2.58 bits per heavy atom. The minimum absolute atomic E-state index is 0.213. The highest BCUT2D eigenvalue weighted by Crippen LogP contribution is 2.13. The summed E-state index contributed by atoms with van der Waals surface area (Å²) in [5, 5.41) is 2.65. The lowest BCUT2D eigenvalue weighted by Gasteiger charge is -2.28. The van der Waals surface area contributed by atoms with Gasteiger partial charge in [0.1, 0.15) is 6.04 Å². The van der Waals surface area contributed by atoms with Crippen LogP contribution in [0.1, 0.15) is 23.2 Å². The molecule has 100 valence electrons. The average Bonchev–Trinajstić information content (AvgIpc) is 2.40. The number of rotatable bonds is 2. The van der Waals surface area contributed by atoms with Crippen LogP contribution in [0.2, 0.25) is 0 Å². The third-order valence-electron chi connectivity index (χ3n) is 3.08. The lowest BCUT2D eigenvalue weighted by molar-refractivity contribution is -0.147. The summed E-state index contributed by atoms with van der Waals surface area (Å²) >= 11 is 4.14. The van der Waals surface area contributed by atoms with Crippen LogP contribution in [0.4, 0.5) is 0 Å². The highest BCUT2D eigenvalue weighted by molar-refractivity contribution is 7.80. The predicted octanol–water partition coefficient (Wildman–Crippen LogP) is 0.852. The molecule has 1 aliphatic heterocycles. The number of hydrogen-bond acceptors (Lipinski definition) is 4. The van der Waals surface area contributed by atoms with Gasteiger partial charge >= 0.3 is 0 Å². The molecule has 1 fully saturated rings. The van der Waals surface area contributed by atoms with Crippen molar-refractivity contribution in [3.8, 4) is 0 Å². The zero-order valence-corrected chi connectivity index (χ0v) is 11.3. The normalized spacial score (nSPS) is 19.5. The van der Waals surface area contributed by atoms with Crippen molar-refractivity contribution in [3.05, 3.63) is 29.8 Å². The molecule has 0 spiro atoms. The second-order valence-electron chi connectivity index (χ2n) is 4.40. The molecule has 0 aromatic heterocycles. The van der Waals surface area contributed by atoms with Gasteiger partial charge in [-0.05, 0) is 30.7 Å². The molecule has 0 bridgehead atoms. The summed E-state index contributed by atoms with van der Waals surface area (Å²) in [6, 6.07) is 6.05. The minimum Gasteiger partial charge on any atom is -0.340 e. The number of carbonyl (C=O) groups is 3. The smallest absolute Gasteiger partial charge is 0.251 e.